The fourth-order valence-corrected chi connectivity index (χ4v) is 3.60. The van der Waals surface area contributed by atoms with Crippen molar-refractivity contribution in [1.29, 1.82) is 0 Å². The Labute approximate surface area is 202 Å². The summed E-state index contributed by atoms with van der Waals surface area (Å²) in [5.41, 5.74) is 1.11. The largest absolute Gasteiger partial charge is 0.482 e. The van der Waals surface area contributed by atoms with Crippen molar-refractivity contribution in [3.05, 3.63) is 59.7 Å². The number of hydrogen-bond donors (Lipinski definition) is 2. The fourth-order valence-electron chi connectivity index (χ4n) is 3.60. The zero-order valence-electron chi connectivity index (χ0n) is 19.5. The highest BCUT2D eigenvalue weighted by atomic mass is 19.1. The van der Waals surface area contributed by atoms with Gasteiger partial charge in [-0.15, -0.1) is 0 Å². The van der Waals surface area contributed by atoms with Gasteiger partial charge in [0.05, 0.1) is 5.69 Å². The maximum absolute atomic E-state index is 14.6. The maximum atomic E-state index is 14.6. The minimum atomic E-state index is -0.623. The molecule has 0 spiro atoms. The second-order valence-corrected chi connectivity index (χ2v) is 8.56. The number of anilines is 1. The molecule has 1 fully saturated rings. The van der Waals surface area contributed by atoms with E-state index >= 15 is 0 Å². The molecular formula is C26H28FN3O5. The molecule has 0 bridgehead atoms. The van der Waals surface area contributed by atoms with Gasteiger partial charge < -0.3 is 19.7 Å². The lowest BCUT2D eigenvalue weighted by Gasteiger charge is -2.14. The van der Waals surface area contributed by atoms with E-state index in [4.69, 9.17) is 14.4 Å². The number of benzene rings is 2. The van der Waals surface area contributed by atoms with Crippen LogP contribution in [0.3, 0.4) is 0 Å². The summed E-state index contributed by atoms with van der Waals surface area (Å²) in [4.78, 5) is 28.5. The number of nitrogens with zero attached hydrogens (tertiary/aromatic N) is 2. The van der Waals surface area contributed by atoms with Crippen LogP contribution in [-0.2, 0) is 4.79 Å². The van der Waals surface area contributed by atoms with Gasteiger partial charge in [0.1, 0.15) is 11.6 Å². The smallest absolute Gasteiger partial charge is 0.258 e. The van der Waals surface area contributed by atoms with Crippen molar-refractivity contribution >= 4 is 17.4 Å². The molecule has 1 aliphatic carbocycles. The molecule has 1 aromatic heterocycles. The number of ether oxygens (including phenoxy) is 1. The standard InChI is InChI=1S/C26H28FN3O5/c1-2-22(34-19-11-8-17(9-12-19)24(33)16-6-7-16)25-29-26(35-30-25)18-10-13-21(20(27)15-18)28-23(32)5-3-4-14-31/h8-13,15-16,22,31H,2-7,14H2,1H3,(H,28,32). The van der Waals surface area contributed by atoms with Crippen molar-refractivity contribution in [3.63, 3.8) is 0 Å². The molecule has 184 valence electrons. The van der Waals surface area contributed by atoms with Crippen molar-refractivity contribution in [2.75, 3.05) is 11.9 Å². The van der Waals surface area contributed by atoms with Crippen molar-refractivity contribution < 1.29 is 28.3 Å². The predicted molar refractivity (Wildman–Crippen MR) is 126 cm³/mol. The van der Waals surface area contributed by atoms with Crippen LogP contribution in [0.5, 0.6) is 5.75 Å². The van der Waals surface area contributed by atoms with Gasteiger partial charge in [-0.05, 0) is 74.6 Å². The van der Waals surface area contributed by atoms with E-state index < -0.39 is 11.9 Å². The molecule has 0 saturated heterocycles. The summed E-state index contributed by atoms with van der Waals surface area (Å²) in [5, 5.41) is 15.3. The van der Waals surface area contributed by atoms with Crippen molar-refractivity contribution in [2.45, 2.75) is 51.6 Å². The van der Waals surface area contributed by atoms with Crippen LogP contribution in [0.1, 0.15) is 67.7 Å². The van der Waals surface area contributed by atoms with Crippen LogP contribution in [0, 0.1) is 11.7 Å². The zero-order chi connectivity index (χ0) is 24.8. The highest BCUT2D eigenvalue weighted by Crippen LogP contribution is 2.33. The lowest BCUT2D eigenvalue weighted by molar-refractivity contribution is -0.116. The minimum Gasteiger partial charge on any atom is -0.482 e. The molecule has 1 amide bonds. The molecule has 1 aliphatic rings. The number of halogens is 1. The number of hydrogen-bond acceptors (Lipinski definition) is 7. The van der Waals surface area contributed by atoms with E-state index in [0.29, 0.717) is 42.0 Å². The van der Waals surface area contributed by atoms with E-state index in [1.807, 2.05) is 6.92 Å². The fraction of sp³-hybridized carbons (Fsp3) is 0.385. The highest BCUT2D eigenvalue weighted by Gasteiger charge is 2.30. The van der Waals surface area contributed by atoms with E-state index in [9.17, 15) is 14.0 Å². The number of aliphatic hydroxyl groups excluding tert-OH is 1. The lowest BCUT2D eigenvalue weighted by Crippen LogP contribution is -2.12. The number of unbranched alkanes of at least 4 members (excludes halogenated alkanes) is 1. The molecular weight excluding hydrogens is 453 g/mol. The Balaban J connectivity index is 1.40. The first kappa shape index (κ1) is 24.5. The molecule has 2 N–H and O–H groups in total. The third-order valence-corrected chi connectivity index (χ3v) is 5.77. The second-order valence-electron chi connectivity index (χ2n) is 8.56. The Morgan fingerprint density at radius 2 is 1.97 bits per heavy atom. The number of aromatic nitrogens is 2. The van der Waals surface area contributed by atoms with E-state index in [0.717, 1.165) is 12.8 Å². The molecule has 2 aromatic carbocycles. The molecule has 8 nitrogen and oxygen atoms in total. The Hall–Kier alpha value is -3.59. The quantitative estimate of drug-likeness (QED) is 0.273. The zero-order valence-corrected chi connectivity index (χ0v) is 19.5. The Morgan fingerprint density at radius 1 is 1.20 bits per heavy atom. The number of amides is 1. The molecule has 35 heavy (non-hydrogen) atoms. The Morgan fingerprint density at radius 3 is 2.63 bits per heavy atom. The molecule has 0 aliphatic heterocycles. The molecule has 0 radical (unpaired) electrons. The molecule has 1 heterocycles. The molecule has 1 saturated carbocycles. The molecule has 4 rings (SSSR count). The van der Waals surface area contributed by atoms with E-state index in [1.54, 1.807) is 30.3 Å². The summed E-state index contributed by atoms with van der Waals surface area (Å²) in [7, 11) is 0. The topological polar surface area (TPSA) is 115 Å². The molecule has 3 aromatic rings. The number of carbonyl (C=O) groups excluding carboxylic acids is 2. The van der Waals surface area contributed by atoms with E-state index in [-0.39, 0.29) is 42.2 Å². The summed E-state index contributed by atoms with van der Waals surface area (Å²) in [5.74, 6) is 0.427. The summed E-state index contributed by atoms with van der Waals surface area (Å²) in [6.07, 6.45) is 3.24. The summed E-state index contributed by atoms with van der Waals surface area (Å²) in [6.45, 7) is 1.93. The van der Waals surface area contributed by atoms with Crippen molar-refractivity contribution in [2.24, 2.45) is 5.92 Å². The average molecular weight is 482 g/mol. The minimum absolute atomic E-state index is 0.0140. The van der Waals surface area contributed by atoms with Gasteiger partial charge in [0, 0.05) is 30.1 Å². The van der Waals surface area contributed by atoms with Crippen molar-refractivity contribution in [1.82, 2.24) is 10.1 Å². The third kappa shape index (κ3) is 6.30. The second kappa shape index (κ2) is 11.2. The van der Waals surface area contributed by atoms with Gasteiger partial charge in [0.25, 0.3) is 5.89 Å². The van der Waals surface area contributed by atoms with Gasteiger partial charge in [0.15, 0.2) is 11.9 Å². The highest BCUT2D eigenvalue weighted by molar-refractivity contribution is 5.99. The number of rotatable bonds is 12. The molecule has 1 atom stereocenters. The molecule has 9 heteroatoms. The summed E-state index contributed by atoms with van der Waals surface area (Å²) < 4.78 is 25.9. The maximum Gasteiger partial charge on any atom is 0.258 e. The SMILES string of the molecule is CCC(Oc1ccc(C(=O)C2CC2)cc1)c1noc(-c2ccc(NC(=O)CCCCO)c(F)c2)n1. The number of ketones is 1. The first-order chi connectivity index (χ1) is 17.0. The van der Waals surface area contributed by atoms with Crippen LogP contribution in [0.2, 0.25) is 0 Å². The van der Waals surface area contributed by atoms with Gasteiger partial charge in [-0.3, -0.25) is 9.59 Å². The normalized spacial score (nSPS) is 13.9. The van der Waals surface area contributed by atoms with Crippen LogP contribution in [-0.4, -0.2) is 33.5 Å². The summed E-state index contributed by atoms with van der Waals surface area (Å²) >= 11 is 0. The van der Waals surface area contributed by atoms with Crippen LogP contribution in [0.15, 0.2) is 47.0 Å². The lowest BCUT2D eigenvalue weighted by atomic mass is 10.1. The average Bonchev–Trinajstić information content (AvgIpc) is 3.60. The summed E-state index contributed by atoms with van der Waals surface area (Å²) in [6, 6.07) is 11.3. The van der Waals surface area contributed by atoms with Gasteiger partial charge in [0.2, 0.25) is 11.7 Å². The van der Waals surface area contributed by atoms with Crippen LogP contribution < -0.4 is 10.1 Å². The van der Waals surface area contributed by atoms with Crippen LogP contribution >= 0.6 is 0 Å². The Kier molecular flexibility index (Phi) is 7.87. The van der Waals surface area contributed by atoms with Gasteiger partial charge in [-0.2, -0.15) is 4.98 Å². The number of Topliss-reactive ketones (excluding diaryl/α,β-unsaturated/α-hetero) is 1. The van der Waals surface area contributed by atoms with Gasteiger partial charge in [-0.1, -0.05) is 12.1 Å². The van der Waals surface area contributed by atoms with Crippen molar-refractivity contribution in [3.8, 4) is 17.2 Å². The van der Waals surface area contributed by atoms with Gasteiger partial charge in [-0.25, -0.2) is 4.39 Å². The number of aliphatic hydroxyl groups is 1. The monoisotopic (exact) mass is 481 g/mol. The number of nitrogens with one attached hydrogen (secondary N) is 1. The predicted octanol–water partition coefficient (Wildman–Crippen LogP) is 5.10. The third-order valence-electron chi connectivity index (χ3n) is 5.77. The first-order valence-electron chi connectivity index (χ1n) is 11.8. The van der Waals surface area contributed by atoms with Crippen LogP contribution in [0.4, 0.5) is 10.1 Å². The van der Waals surface area contributed by atoms with E-state index in [1.165, 1.54) is 12.1 Å². The first-order valence-corrected chi connectivity index (χ1v) is 11.8. The van der Waals surface area contributed by atoms with E-state index in [2.05, 4.69) is 15.5 Å². The Bertz CT molecular complexity index is 1170. The van der Waals surface area contributed by atoms with Gasteiger partial charge >= 0.3 is 0 Å². The number of carbonyl (C=O) groups is 2. The van der Waals surface area contributed by atoms with Crippen LogP contribution in [0.25, 0.3) is 11.5 Å². The molecule has 1 unspecified atom stereocenters.